The lowest BCUT2D eigenvalue weighted by atomic mass is 10.1. The molecule has 0 aromatic carbocycles. The van der Waals surface area contributed by atoms with E-state index in [0.717, 1.165) is 36.0 Å². The molecule has 3 heterocycles. The van der Waals surface area contributed by atoms with Crippen molar-refractivity contribution in [1.82, 2.24) is 15.3 Å². The number of urea groups is 1. The van der Waals surface area contributed by atoms with Crippen molar-refractivity contribution < 1.29 is 4.79 Å². The number of nitrogens with one attached hydrogen (secondary N) is 2. The first-order valence-electron chi connectivity index (χ1n) is 8.37. The van der Waals surface area contributed by atoms with Gasteiger partial charge in [-0.2, -0.15) is 0 Å². The van der Waals surface area contributed by atoms with E-state index < -0.39 is 0 Å². The van der Waals surface area contributed by atoms with Gasteiger partial charge in [-0.05, 0) is 38.3 Å². The maximum Gasteiger partial charge on any atom is 0.319 e. The number of aryl methyl sites for hydroxylation is 1. The summed E-state index contributed by atoms with van der Waals surface area (Å²) >= 11 is 1.63. The Kier molecular flexibility index (Phi) is 5.63. The molecule has 2 aromatic heterocycles. The molecular formula is C17H23N5OS. The van der Waals surface area contributed by atoms with Crippen LogP contribution in [0.1, 0.15) is 30.0 Å². The predicted molar refractivity (Wildman–Crippen MR) is 97.9 cm³/mol. The molecule has 1 aliphatic heterocycles. The average Bonchev–Trinajstić information content (AvgIpc) is 3.02. The summed E-state index contributed by atoms with van der Waals surface area (Å²) in [5.41, 5.74) is 1.73. The van der Waals surface area contributed by atoms with Crippen LogP contribution in [0.25, 0.3) is 0 Å². The molecule has 2 amide bonds. The average molecular weight is 345 g/mol. The molecule has 0 radical (unpaired) electrons. The fourth-order valence-corrected chi connectivity index (χ4v) is 3.42. The van der Waals surface area contributed by atoms with Crippen molar-refractivity contribution in [1.29, 1.82) is 0 Å². The number of rotatable bonds is 5. The number of hydrogen-bond acceptors (Lipinski definition) is 5. The highest BCUT2D eigenvalue weighted by Gasteiger charge is 2.12. The van der Waals surface area contributed by atoms with Crippen LogP contribution < -0.4 is 15.5 Å². The third-order valence-electron chi connectivity index (χ3n) is 4.02. The Bertz CT molecular complexity index is 664. The van der Waals surface area contributed by atoms with Crippen LogP contribution in [0.3, 0.4) is 0 Å². The molecule has 1 saturated heterocycles. The summed E-state index contributed by atoms with van der Waals surface area (Å²) in [7, 11) is 0. The Morgan fingerprint density at radius 3 is 2.79 bits per heavy atom. The van der Waals surface area contributed by atoms with Gasteiger partial charge < -0.3 is 15.5 Å². The summed E-state index contributed by atoms with van der Waals surface area (Å²) in [5, 5.41) is 8.73. The topological polar surface area (TPSA) is 70.2 Å². The van der Waals surface area contributed by atoms with Gasteiger partial charge in [0.15, 0.2) is 0 Å². The molecule has 0 bridgehead atoms. The molecule has 0 atom stereocenters. The summed E-state index contributed by atoms with van der Waals surface area (Å²) in [5.74, 6) is 0.986. The summed E-state index contributed by atoms with van der Waals surface area (Å²) in [4.78, 5) is 23.0. The zero-order valence-electron chi connectivity index (χ0n) is 13.9. The Hall–Kier alpha value is -2.15. The van der Waals surface area contributed by atoms with Crippen LogP contribution >= 0.6 is 11.3 Å². The van der Waals surface area contributed by atoms with Gasteiger partial charge in [0.2, 0.25) is 0 Å². The van der Waals surface area contributed by atoms with Crippen LogP contribution in [-0.2, 0) is 6.42 Å². The molecule has 3 rings (SSSR count). The summed E-state index contributed by atoms with van der Waals surface area (Å²) in [6.45, 7) is 4.68. The van der Waals surface area contributed by atoms with E-state index in [4.69, 9.17) is 0 Å². The molecule has 1 aliphatic rings. The van der Waals surface area contributed by atoms with E-state index in [0.29, 0.717) is 12.2 Å². The fourth-order valence-electron chi connectivity index (χ4n) is 2.77. The van der Waals surface area contributed by atoms with E-state index in [1.807, 2.05) is 24.4 Å². The second kappa shape index (κ2) is 8.10. The first-order chi connectivity index (χ1) is 11.7. The second-order valence-corrected chi connectivity index (χ2v) is 7.00. The van der Waals surface area contributed by atoms with Gasteiger partial charge in [-0.25, -0.2) is 14.8 Å². The van der Waals surface area contributed by atoms with Crippen LogP contribution in [0, 0.1) is 6.92 Å². The molecule has 6 nitrogen and oxygen atoms in total. The molecule has 128 valence electrons. The number of nitrogens with zero attached hydrogens (tertiary/aromatic N) is 3. The van der Waals surface area contributed by atoms with Crippen molar-refractivity contribution in [2.75, 3.05) is 29.9 Å². The number of aromatic nitrogens is 2. The number of thiazole rings is 1. The second-order valence-electron chi connectivity index (χ2n) is 5.94. The molecular weight excluding hydrogens is 322 g/mol. The number of hydrogen-bond donors (Lipinski definition) is 2. The van der Waals surface area contributed by atoms with Gasteiger partial charge in [0.25, 0.3) is 0 Å². The lowest BCUT2D eigenvalue weighted by Gasteiger charge is -2.27. The summed E-state index contributed by atoms with van der Waals surface area (Å²) < 4.78 is 0. The molecule has 0 spiro atoms. The quantitative estimate of drug-likeness (QED) is 0.873. The van der Waals surface area contributed by atoms with E-state index in [1.54, 1.807) is 17.5 Å². The molecule has 1 fully saturated rings. The lowest BCUT2D eigenvalue weighted by molar-refractivity contribution is 0.252. The molecule has 7 heteroatoms. The van der Waals surface area contributed by atoms with Crippen LogP contribution in [0.15, 0.2) is 23.7 Å². The number of carbonyl (C=O) groups is 1. The van der Waals surface area contributed by atoms with Gasteiger partial charge in [0.1, 0.15) is 5.82 Å². The van der Waals surface area contributed by atoms with Crippen LogP contribution in [-0.4, -0.2) is 35.6 Å². The predicted octanol–water partition coefficient (Wildman–Crippen LogP) is 3.20. The SMILES string of the molecule is Cc1nc(CCNC(=O)Nc2ccc(N3CCCCC3)nc2)cs1. The summed E-state index contributed by atoms with van der Waals surface area (Å²) in [6.07, 6.45) is 6.21. The number of pyridine rings is 1. The van der Waals surface area contributed by atoms with Crippen molar-refractivity contribution in [3.63, 3.8) is 0 Å². The molecule has 2 N–H and O–H groups in total. The van der Waals surface area contributed by atoms with E-state index >= 15 is 0 Å². The third-order valence-corrected chi connectivity index (χ3v) is 4.84. The number of amides is 2. The smallest absolute Gasteiger partial charge is 0.319 e. The van der Waals surface area contributed by atoms with Crippen molar-refractivity contribution >= 4 is 28.9 Å². The normalized spacial score (nSPS) is 14.5. The number of anilines is 2. The first-order valence-corrected chi connectivity index (χ1v) is 9.25. The summed E-state index contributed by atoms with van der Waals surface area (Å²) in [6, 6.07) is 3.66. The standard InChI is InChI=1S/C17H23N5OS/c1-13-20-15(12-24-13)7-8-18-17(23)21-14-5-6-16(19-11-14)22-9-3-2-4-10-22/h5-6,11-12H,2-4,7-10H2,1H3,(H2,18,21,23). The van der Waals surface area contributed by atoms with Crippen molar-refractivity contribution in [2.45, 2.75) is 32.6 Å². The van der Waals surface area contributed by atoms with Crippen LogP contribution in [0.4, 0.5) is 16.3 Å². The minimum atomic E-state index is -0.213. The molecule has 0 unspecified atom stereocenters. The zero-order chi connectivity index (χ0) is 16.8. The van der Waals surface area contributed by atoms with E-state index in [1.165, 1.54) is 19.3 Å². The molecule has 0 aliphatic carbocycles. The van der Waals surface area contributed by atoms with Crippen molar-refractivity contribution in [3.05, 3.63) is 34.4 Å². The van der Waals surface area contributed by atoms with E-state index in [9.17, 15) is 4.79 Å². The van der Waals surface area contributed by atoms with Gasteiger partial charge >= 0.3 is 6.03 Å². The maximum atomic E-state index is 11.9. The highest BCUT2D eigenvalue weighted by atomic mass is 32.1. The lowest BCUT2D eigenvalue weighted by Crippen LogP contribution is -2.31. The molecule has 2 aromatic rings. The van der Waals surface area contributed by atoms with Gasteiger partial charge in [0, 0.05) is 31.4 Å². The highest BCUT2D eigenvalue weighted by Crippen LogP contribution is 2.18. The van der Waals surface area contributed by atoms with Crippen molar-refractivity contribution in [3.8, 4) is 0 Å². The third kappa shape index (κ3) is 4.67. The van der Waals surface area contributed by atoms with Crippen LogP contribution in [0.5, 0.6) is 0 Å². The van der Waals surface area contributed by atoms with Gasteiger partial charge in [0.05, 0.1) is 22.6 Å². The Labute approximate surface area is 146 Å². The highest BCUT2D eigenvalue weighted by molar-refractivity contribution is 7.09. The largest absolute Gasteiger partial charge is 0.357 e. The first kappa shape index (κ1) is 16.7. The molecule has 24 heavy (non-hydrogen) atoms. The Morgan fingerprint density at radius 1 is 1.29 bits per heavy atom. The number of carbonyl (C=O) groups excluding carboxylic acids is 1. The minimum absolute atomic E-state index is 0.213. The van der Waals surface area contributed by atoms with Gasteiger partial charge in [-0.15, -0.1) is 11.3 Å². The minimum Gasteiger partial charge on any atom is -0.357 e. The van der Waals surface area contributed by atoms with Gasteiger partial charge in [-0.1, -0.05) is 0 Å². The Morgan fingerprint density at radius 2 is 2.12 bits per heavy atom. The maximum absolute atomic E-state index is 11.9. The number of piperidine rings is 1. The van der Waals surface area contributed by atoms with Crippen LogP contribution in [0.2, 0.25) is 0 Å². The Balaban J connectivity index is 1.44. The monoisotopic (exact) mass is 345 g/mol. The van der Waals surface area contributed by atoms with Crippen molar-refractivity contribution in [2.24, 2.45) is 0 Å². The molecule has 0 saturated carbocycles. The van der Waals surface area contributed by atoms with E-state index in [2.05, 4.69) is 25.5 Å². The zero-order valence-corrected chi connectivity index (χ0v) is 14.7. The van der Waals surface area contributed by atoms with Gasteiger partial charge in [-0.3, -0.25) is 0 Å². The van der Waals surface area contributed by atoms with E-state index in [-0.39, 0.29) is 6.03 Å². The fraction of sp³-hybridized carbons (Fsp3) is 0.471.